The Labute approximate surface area is 134 Å². The molecule has 8 heteroatoms. The predicted molar refractivity (Wildman–Crippen MR) is 86.4 cm³/mol. The van der Waals surface area contributed by atoms with E-state index in [1.807, 2.05) is 0 Å². The number of sulfonamides is 1. The number of hydrogen-bond donors (Lipinski definition) is 1. The summed E-state index contributed by atoms with van der Waals surface area (Å²) in [5, 5.41) is 10.8. The summed E-state index contributed by atoms with van der Waals surface area (Å²) >= 11 is 0. The normalized spacial score (nSPS) is 11.1. The third kappa shape index (κ3) is 3.59. The van der Waals surface area contributed by atoms with E-state index in [-0.39, 0.29) is 16.3 Å². The molecule has 2 aromatic carbocycles. The second kappa shape index (κ2) is 6.25. The maximum absolute atomic E-state index is 12.6. The van der Waals surface area contributed by atoms with E-state index in [1.54, 1.807) is 26.0 Å². The molecular weight excluding hydrogens is 320 g/mol. The van der Waals surface area contributed by atoms with Gasteiger partial charge in [-0.15, -0.1) is 0 Å². The number of nitro groups is 1. The molecule has 0 aromatic heterocycles. The van der Waals surface area contributed by atoms with Gasteiger partial charge >= 0.3 is 0 Å². The number of hydrogen-bond acceptors (Lipinski definition) is 5. The summed E-state index contributed by atoms with van der Waals surface area (Å²) in [6, 6.07) is 8.58. The van der Waals surface area contributed by atoms with Gasteiger partial charge in [0.15, 0.2) is 0 Å². The molecule has 0 aliphatic heterocycles. The Kier molecular flexibility index (Phi) is 4.55. The molecule has 2 aromatic rings. The number of non-ortho nitro benzene ring substituents is 1. The molecule has 0 spiro atoms. The van der Waals surface area contributed by atoms with E-state index in [1.165, 1.54) is 31.4 Å². The van der Waals surface area contributed by atoms with Gasteiger partial charge in [-0.05, 0) is 43.2 Å². The summed E-state index contributed by atoms with van der Waals surface area (Å²) in [4.78, 5) is 10.3. The predicted octanol–water partition coefficient (Wildman–Crippen LogP) is 3.02. The van der Waals surface area contributed by atoms with Gasteiger partial charge in [0.2, 0.25) is 0 Å². The largest absolute Gasteiger partial charge is 0.497 e. The fourth-order valence-electron chi connectivity index (χ4n) is 2.34. The van der Waals surface area contributed by atoms with E-state index < -0.39 is 14.9 Å². The molecule has 0 aliphatic carbocycles. The smallest absolute Gasteiger partial charge is 0.271 e. The molecule has 2 rings (SSSR count). The standard InChI is InChI=1S/C15H16N2O5S/c1-10-7-14(22-3)8-11(2)15(10)23(20,21)16-12-5-4-6-13(9-12)17(18)19/h4-9,16H,1-3H3. The Bertz CT molecular complexity index is 839. The van der Waals surface area contributed by atoms with Crippen molar-refractivity contribution in [2.45, 2.75) is 18.7 Å². The molecule has 0 saturated carbocycles. The number of anilines is 1. The van der Waals surface area contributed by atoms with Crippen molar-refractivity contribution in [1.82, 2.24) is 0 Å². The number of methoxy groups -OCH3 is 1. The van der Waals surface area contributed by atoms with E-state index >= 15 is 0 Å². The zero-order chi connectivity index (χ0) is 17.2. The van der Waals surface area contributed by atoms with Crippen LogP contribution in [0.15, 0.2) is 41.3 Å². The Balaban J connectivity index is 2.44. The lowest BCUT2D eigenvalue weighted by atomic mass is 10.1. The van der Waals surface area contributed by atoms with E-state index in [0.29, 0.717) is 16.9 Å². The van der Waals surface area contributed by atoms with Gasteiger partial charge in [-0.1, -0.05) is 6.07 Å². The second-order valence-corrected chi connectivity index (χ2v) is 6.62. The van der Waals surface area contributed by atoms with Crippen molar-refractivity contribution in [1.29, 1.82) is 0 Å². The summed E-state index contributed by atoms with van der Waals surface area (Å²) in [7, 11) is -2.37. The van der Waals surface area contributed by atoms with Crippen LogP contribution in [0, 0.1) is 24.0 Å². The molecule has 0 amide bonds. The average Bonchev–Trinajstić information content (AvgIpc) is 2.45. The fourth-order valence-corrected chi connectivity index (χ4v) is 3.85. The van der Waals surface area contributed by atoms with Crippen LogP contribution in [0.5, 0.6) is 5.75 Å². The Hall–Kier alpha value is -2.61. The lowest BCUT2D eigenvalue weighted by Crippen LogP contribution is -2.16. The first-order chi connectivity index (χ1) is 10.7. The molecule has 1 N–H and O–H groups in total. The number of ether oxygens (including phenoxy) is 1. The summed E-state index contributed by atoms with van der Waals surface area (Å²) in [6.45, 7) is 3.33. The molecule has 0 aliphatic rings. The van der Waals surface area contributed by atoms with Crippen molar-refractivity contribution in [2.75, 3.05) is 11.8 Å². The summed E-state index contributed by atoms with van der Waals surface area (Å²) in [5.74, 6) is 0.564. The molecule has 7 nitrogen and oxygen atoms in total. The zero-order valence-corrected chi connectivity index (χ0v) is 13.7. The van der Waals surface area contributed by atoms with Crippen LogP contribution in [0.1, 0.15) is 11.1 Å². The maximum atomic E-state index is 12.6. The Morgan fingerprint density at radius 1 is 1.13 bits per heavy atom. The van der Waals surface area contributed by atoms with Crippen LogP contribution in [0.3, 0.4) is 0 Å². The molecule has 0 radical (unpaired) electrons. The average molecular weight is 336 g/mol. The highest BCUT2D eigenvalue weighted by Gasteiger charge is 2.21. The van der Waals surface area contributed by atoms with E-state index in [9.17, 15) is 18.5 Å². The minimum Gasteiger partial charge on any atom is -0.497 e. The minimum absolute atomic E-state index is 0.129. The summed E-state index contributed by atoms with van der Waals surface area (Å²) in [5.41, 5.74) is 1.00. The van der Waals surface area contributed by atoms with Crippen LogP contribution in [-0.4, -0.2) is 20.5 Å². The van der Waals surface area contributed by atoms with Crippen LogP contribution in [0.4, 0.5) is 11.4 Å². The number of nitrogens with zero attached hydrogens (tertiary/aromatic N) is 1. The van der Waals surface area contributed by atoms with E-state index in [4.69, 9.17) is 4.74 Å². The SMILES string of the molecule is COc1cc(C)c(S(=O)(=O)Nc2cccc([N+](=O)[O-])c2)c(C)c1. The molecular formula is C15H16N2O5S. The molecule has 0 saturated heterocycles. The first-order valence-corrected chi connectivity index (χ1v) is 8.15. The zero-order valence-electron chi connectivity index (χ0n) is 12.9. The molecule has 0 heterocycles. The van der Waals surface area contributed by atoms with Crippen LogP contribution in [-0.2, 0) is 10.0 Å². The molecule has 122 valence electrons. The molecule has 0 unspecified atom stereocenters. The van der Waals surface area contributed by atoms with Crippen molar-refractivity contribution in [3.05, 3.63) is 57.6 Å². The van der Waals surface area contributed by atoms with Gasteiger partial charge in [0.25, 0.3) is 15.7 Å². The van der Waals surface area contributed by atoms with Gasteiger partial charge in [-0.25, -0.2) is 8.42 Å². The van der Waals surface area contributed by atoms with Crippen molar-refractivity contribution in [2.24, 2.45) is 0 Å². The van der Waals surface area contributed by atoms with Crippen LogP contribution in [0.2, 0.25) is 0 Å². The van der Waals surface area contributed by atoms with Gasteiger partial charge in [0.05, 0.1) is 22.6 Å². The van der Waals surface area contributed by atoms with Gasteiger partial charge < -0.3 is 4.74 Å². The maximum Gasteiger partial charge on any atom is 0.271 e. The van der Waals surface area contributed by atoms with E-state index in [2.05, 4.69) is 4.72 Å². The highest BCUT2D eigenvalue weighted by atomic mass is 32.2. The molecule has 23 heavy (non-hydrogen) atoms. The quantitative estimate of drug-likeness (QED) is 0.668. The lowest BCUT2D eigenvalue weighted by molar-refractivity contribution is -0.384. The van der Waals surface area contributed by atoms with Gasteiger partial charge in [0.1, 0.15) is 5.75 Å². The minimum atomic E-state index is -3.87. The molecule has 0 bridgehead atoms. The number of benzene rings is 2. The lowest BCUT2D eigenvalue weighted by Gasteiger charge is -2.14. The third-order valence-electron chi connectivity index (χ3n) is 3.25. The third-order valence-corrected chi connectivity index (χ3v) is 4.93. The highest BCUT2D eigenvalue weighted by Crippen LogP contribution is 2.28. The summed E-state index contributed by atoms with van der Waals surface area (Å²) < 4.78 is 32.7. The van der Waals surface area contributed by atoms with Crippen molar-refractivity contribution in [3.8, 4) is 5.75 Å². The number of nitrogens with one attached hydrogen (secondary N) is 1. The number of aryl methyl sites for hydroxylation is 2. The Morgan fingerprint density at radius 3 is 2.26 bits per heavy atom. The molecule has 0 fully saturated rings. The van der Waals surface area contributed by atoms with Crippen molar-refractivity contribution >= 4 is 21.4 Å². The van der Waals surface area contributed by atoms with Gasteiger partial charge in [0, 0.05) is 12.1 Å². The fraction of sp³-hybridized carbons (Fsp3) is 0.200. The van der Waals surface area contributed by atoms with E-state index in [0.717, 1.165) is 0 Å². The van der Waals surface area contributed by atoms with Gasteiger partial charge in [-0.2, -0.15) is 0 Å². The van der Waals surface area contributed by atoms with Gasteiger partial charge in [-0.3, -0.25) is 14.8 Å². The van der Waals surface area contributed by atoms with Crippen molar-refractivity contribution < 1.29 is 18.1 Å². The topological polar surface area (TPSA) is 98.5 Å². The number of rotatable bonds is 5. The summed E-state index contributed by atoms with van der Waals surface area (Å²) in [6.07, 6.45) is 0. The Morgan fingerprint density at radius 2 is 1.74 bits per heavy atom. The second-order valence-electron chi connectivity index (χ2n) is 5.00. The van der Waals surface area contributed by atoms with Crippen LogP contribution >= 0.6 is 0 Å². The van der Waals surface area contributed by atoms with Crippen LogP contribution < -0.4 is 9.46 Å². The first kappa shape index (κ1) is 16.8. The monoisotopic (exact) mass is 336 g/mol. The van der Waals surface area contributed by atoms with Crippen molar-refractivity contribution in [3.63, 3.8) is 0 Å². The molecule has 0 atom stereocenters. The first-order valence-electron chi connectivity index (χ1n) is 6.67. The van der Waals surface area contributed by atoms with Crippen LogP contribution in [0.25, 0.3) is 0 Å². The highest BCUT2D eigenvalue weighted by molar-refractivity contribution is 7.92. The number of nitro benzene ring substituents is 1.